The molecular weight excluding hydrogens is 613 g/mol. The molecule has 0 radical (unpaired) electrons. The maximum Gasteiger partial charge on any atom is 0.451 e. The fraction of sp³-hybridized carbons (Fsp3) is 1.00. The quantitative estimate of drug-likeness (QED) is 0.284. The summed E-state index contributed by atoms with van der Waals surface area (Å²) in [7, 11) is 0. The normalized spacial score (nSPS) is 21.3. The molecule has 0 aromatic rings. The largest absolute Gasteiger partial charge is 0.451 e. The molecule has 0 saturated carbocycles. The van der Waals surface area contributed by atoms with Crippen LogP contribution in [0.1, 0.15) is 0 Å². The molecule has 0 amide bonds. The standard InChI is InChI=1S/C13H9F19O6/c14-4(1-33,8(18,19)20)36-11(27,28)7(17,12(29,30)37-5(15,2-34)9(21,22)23)13(31,32)38-6(16,3-35)10(24,25)26/h33-35H,1-3H2. The van der Waals surface area contributed by atoms with Gasteiger partial charge in [-0.1, -0.05) is 0 Å². The van der Waals surface area contributed by atoms with E-state index >= 15 is 0 Å². The summed E-state index contributed by atoms with van der Waals surface area (Å²) in [5, 5.41) is 24.7. The number of ether oxygens (including phenoxy) is 3. The first-order valence-corrected chi connectivity index (χ1v) is 8.32. The van der Waals surface area contributed by atoms with Gasteiger partial charge in [-0.3, -0.25) is 14.2 Å². The number of halogens is 19. The van der Waals surface area contributed by atoms with Crippen molar-refractivity contribution in [2.24, 2.45) is 0 Å². The van der Waals surface area contributed by atoms with Crippen molar-refractivity contribution in [2.75, 3.05) is 19.8 Å². The summed E-state index contributed by atoms with van der Waals surface area (Å²) in [6.07, 6.45) is -46.3. The fourth-order valence-corrected chi connectivity index (χ4v) is 1.87. The first kappa shape index (κ1) is 36.4. The van der Waals surface area contributed by atoms with Crippen LogP contribution in [0.4, 0.5) is 83.4 Å². The number of hydrogen-bond acceptors (Lipinski definition) is 6. The molecule has 0 aliphatic rings. The first-order chi connectivity index (χ1) is 16.3. The van der Waals surface area contributed by atoms with Gasteiger partial charge in [-0.25, -0.2) is 4.39 Å². The smallest absolute Gasteiger partial charge is 0.390 e. The van der Waals surface area contributed by atoms with Crippen LogP contribution in [0.3, 0.4) is 0 Å². The monoisotopic (exact) mass is 622 g/mol. The van der Waals surface area contributed by atoms with Crippen molar-refractivity contribution in [3.8, 4) is 0 Å². The van der Waals surface area contributed by atoms with Crippen molar-refractivity contribution in [3.05, 3.63) is 0 Å². The summed E-state index contributed by atoms with van der Waals surface area (Å²) in [4.78, 5) is 0. The molecule has 3 N–H and O–H groups in total. The van der Waals surface area contributed by atoms with Gasteiger partial charge < -0.3 is 15.3 Å². The lowest BCUT2D eigenvalue weighted by molar-refractivity contribution is -0.556. The molecule has 0 heterocycles. The average molecular weight is 622 g/mol. The van der Waals surface area contributed by atoms with Crippen molar-refractivity contribution in [1.29, 1.82) is 0 Å². The summed E-state index contributed by atoms with van der Waals surface area (Å²) in [5.41, 5.74) is -8.61. The lowest BCUT2D eigenvalue weighted by Crippen LogP contribution is -2.74. The van der Waals surface area contributed by atoms with E-state index < -0.39 is 79.9 Å². The summed E-state index contributed by atoms with van der Waals surface area (Å²) >= 11 is 0. The molecule has 0 aromatic heterocycles. The zero-order valence-corrected chi connectivity index (χ0v) is 16.9. The number of alkyl halides is 19. The van der Waals surface area contributed by atoms with E-state index in [0.717, 1.165) is 0 Å². The second-order valence-corrected chi connectivity index (χ2v) is 6.67. The van der Waals surface area contributed by atoms with Gasteiger partial charge in [0.25, 0.3) is 0 Å². The highest BCUT2D eigenvalue weighted by molar-refractivity contribution is 5.06. The topological polar surface area (TPSA) is 88.4 Å². The van der Waals surface area contributed by atoms with E-state index in [9.17, 15) is 83.4 Å². The molecule has 0 bridgehead atoms. The van der Waals surface area contributed by atoms with Crippen LogP contribution >= 0.6 is 0 Å². The lowest BCUT2D eigenvalue weighted by atomic mass is 10.00. The minimum absolute atomic E-state index is 1.74. The molecule has 25 heteroatoms. The van der Waals surface area contributed by atoms with Crippen LogP contribution in [0, 0.1) is 0 Å². The van der Waals surface area contributed by atoms with Gasteiger partial charge in [0.15, 0.2) is 0 Å². The minimum atomic E-state index is -8.61. The molecule has 3 unspecified atom stereocenters. The highest BCUT2D eigenvalue weighted by Crippen LogP contribution is 2.60. The molecule has 6 nitrogen and oxygen atoms in total. The molecule has 0 saturated heterocycles. The third-order valence-electron chi connectivity index (χ3n) is 3.95. The Hall–Kier alpha value is -1.57. The molecule has 0 spiro atoms. The number of hydrogen-bond donors (Lipinski definition) is 3. The summed E-state index contributed by atoms with van der Waals surface area (Å²) in [5.74, 6) is -20.0. The van der Waals surface area contributed by atoms with Gasteiger partial charge in [-0.05, 0) is 0 Å². The van der Waals surface area contributed by atoms with E-state index in [1.54, 1.807) is 14.2 Å². The molecule has 0 aliphatic heterocycles. The predicted octanol–water partition coefficient (Wildman–Crippen LogP) is 4.18. The van der Waals surface area contributed by atoms with Crippen molar-refractivity contribution >= 4 is 0 Å². The lowest BCUT2D eigenvalue weighted by Gasteiger charge is -2.45. The second kappa shape index (κ2) is 10.1. The van der Waals surface area contributed by atoms with Gasteiger partial charge in [-0.2, -0.15) is 79.0 Å². The zero-order chi connectivity index (χ0) is 31.2. The number of aliphatic hydroxyl groups is 3. The van der Waals surface area contributed by atoms with Gasteiger partial charge in [0.05, 0.1) is 0 Å². The Morgan fingerprint density at radius 1 is 0.342 bits per heavy atom. The Kier molecular flexibility index (Phi) is 9.70. The SMILES string of the molecule is OCC(F)(OC(F)(F)C(F)(C(F)(F)OC(F)(CO)C(F)(F)F)C(F)(F)OC(F)(CO)C(F)(F)F)C(F)(F)F. The van der Waals surface area contributed by atoms with Crippen LogP contribution in [0.2, 0.25) is 0 Å². The van der Waals surface area contributed by atoms with Crippen LogP contribution < -0.4 is 0 Å². The summed E-state index contributed by atoms with van der Waals surface area (Å²) < 4.78 is 259. The number of aliphatic hydroxyl groups excluding tert-OH is 3. The van der Waals surface area contributed by atoms with Crippen LogP contribution in [0.25, 0.3) is 0 Å². The second-order valence-electron chi connectivity index (χ2n) is 6.67. The Morgan fingerprint density at radius 2 is 0.500 bits per heavy atom. The molecule has 3 atom stereocenters. The minimum Gasteiger partial charge on any atom is -0.390 e. The summed E-state index contributed by atoms with van der Waals surface area (Å²) in [6, 6.07) is 0. The van der Waals surface area contributed by atoms with Gasteiger partial charge in [-0.15, -0.1) is 0 Å². The van der Waals surface area contributed by atoms with Gasteiger partial charge in [0.2, 0.25) is 0 Å². The highest BCUT2D eigenvalue weighted by Gasteiger charge is 2.90. The van der Waals surface area contributed by atoms with E-state index in [2.05, 4.69) is 0 Å². The first-order valence-electron chi connectivity index (χ1n) is 8.32. The van der Waals surface area contributed by atoms with E-state index in [0.29, 0.717) is 0 Å². The van der Waals surface area contributed by atoms with Gasteiger partial charge >= 0.3 is 60.1 Å². The zero-order valence-electron chi connectivity index (χ0n) is 16.9. The van der Waals surface area contributed by atoms with Gasteiger partial charge in [0.1, 0.15) is 19.8 Å². The molecule has 0 fully saturated rings. The molecular formula is C13H9F19O6. The van der Waals surface area contributed by atoms with Crippen LogP contribution in [-0.2, 0) is 14.2 Å². The highest BCUT2D eigenvalue weighted by atomic mass is 19.4. The third kappa shape index (κ3) is 6.10. The Labute approximate surface area is 194 Å². The maximum absolute atomic E-state index is 14.8. The van der Waals surface area contributed by atoms with Crippen molar-refractivity contribution in [2.45, 2.75) is 60.1 Å². The van der Waals surface area contributed by atoms with E-state index in [-0.39, 0.29) is 0 Å². The summed E-state index contributed by atoms with van der Waals surface area (Å²) in [6.45, 7) is -10.8. The third-order valence-corrected chi connectivity index (χ3v) is 3.95. The molecule has 0 rings (SSSR count). The molecule has 38 heavy (non-hydrogen) atoms. The molecule has 0 aromatic carbocycles. The van der Waals surface area contributed by atoms with Crippen molar-refractivity contribution < 1.29 is 113 Å². The fourth-order valence-electron chi connectivity index (χ4n) is 1.87. The van der Waals surface area contributed by atoms with Crippen LogP contribution in [0.5, 0.6) is 0 Å². The van der Waals surface area contributed by atoms with Crippen molar-refractivity contribution in [3.63, 3.8) is 0 Å². The Bertz CT molecular complexity index is 708. The maximum atomic E-state index is 14.8. The molecule has 230 valence electrons. The number of rotatable bonds is 12. The molecule has 0 aliphatic carbocycles. The Balaban J connectivity index is 7.47. The van der Waals surface area contributed by atoms with Crippen molar-refractivity contribution in [1.82, 2.24) is 0 Å². The predicted molar refractivity (Wildman–Crippen MR) is 72.9 cm³/mol. The van der Waals surface area contributed by atoms with E-state index in [1.165, 1.54) is 0 Å². The van der Waals surface area contributed by atoms with E-state index in [1.807, 2.05) is 0 Å². The average Bonchev–Trinajstić information content (AvgIpc) is 2.68. The van der Waals surface area contributed by atoms with Crippen LogP contribution in [0.15, 0.2) is 0 Å². The van der Waals surface area contributed by atoms with Crippen LogP contribution in [-0.4, -0.2) is 95.2 Å². The van der Waals surface area contributed by atoms with E-state index in [4.69, 9.17) is 15.3 Å². The Morgan fingerprint density at radius 3 is 0.605 bits per heavy atom. The van der Waals surface area contributed by atoms with Gasteiger partial charge in [0, 0.05) is 0 Å².